The van der Waals surface area contributed by atoms with Crippen LogP contribution in [0.25, 0.3) is 10.4 Å². The van der Waals surface area contributed by atoms with Crippen LogP contribution in [-0.4, -0.2) is 78.3 Å². The Balaban J connectivity index is 1.92. The van der Waals surface area contributed by atoms with Gasteiger partial charge in [-0.1, -0.05) is 63.2 Å². The number of amides is 3. The van der Waals surface area contributed by atoms with E-state index in [0.717, 1.165) is 23.3 Å². The lowest BCUT2D eigenvalue weighted by Gasteiger charge is -2.48. The molecule has 0 saturated carbocycles. The van der Waals surface area contributed by atoms with Crippen LogP contribution in [0.4, 0.5) is 4.79 Å². The number of ether oxygens (including phenoxy) is 1. The Hall–Kier alpha value is -4.41. The number of nitrogens with one attached hydrogen (secondary N) is 1. The molecule has 0 spiro atoms. The number of rotatable bonds is 14. The number of hydrogen-bond donors (Lipinski definition) is 1. The van der Waals surface area contributed by atoms with Crippen molar-refractivity contribution in [3.05, 3.63) is 88.1 Å². The number of hydrogen-bond acceptors (Lipinski definition) is 7. The summed E-state index contributed by atoms with van der Waals surface area (Å²) < 4.78 is 5.26. The minimum Gasteiger partial charge on any atom is -0.497 e. The number of hydrazine groups is 1. The summed E-state index contributed by atoms with van der Waals surface area (Å²) in [5.74, 6) is 1.04. The smallest absolute Gasteiger partial charge is 0.334 e. The first kappa shape index (κ1) is 32.1. The average molecular weight is 579 g/mol. The summed E-state index contributed by atoms with van der Waals surface area (Å²) in [6.07, 6.45) is 2.53. The summed E-state index contributed by atoms with van der Waals surface area (Å²) in [6, 6.07) is 17.2. The van der Waals surface area contributed by atoms with Crippen LogP contribution in [-0.2, 0) is 22.6 Å². The number of urea groups is 1. The number of nitrogens with zero attached hydrogens (tertiary/aromatic N) is 7. The standard InChI is InChI=1S/C30H42N8O4/c1-6-23(3)27(42-34-33-31)20-37-22-29(39)36(18-17-24-13-15-26(41-5)16-14-24)21-28(37)38(35(4)7-2)30(40)32-19-25-11-9-8-10-12-25/h8-16,20,23,28H,6-7,17-19,21-22H2,1-5H3,(H,32,40)/b27-20-. The molecule has 3 amide bonds. The molecule has 2 aromatic rings. The Bertz CT molecular complexity index is 1230. The number of carbonyl (C=O) groups excluding carboxylic acids is 2. The third-order valence-electron chi connectivity index (χ3n) is 7.44. The van der Waals surface area contributed by atoms with Gasteiger partial charge in [0.2, 0.25) is 5.91 Å². The van der Waals surface area contributed by atoms with Crippen molar-refractivity contribution in [3.63, 3.8) is 0 Å². The zero-order valence-corrected chi connectivity index (χ0v) is 25.1. The molecule has 1 saturated heterocycles. The Kier molecular flexibility index (Phi) is 12.3. The predicted molar refractivity (Wildman–Crippen MR) is 160 cm³/mol. The van der Waals surface area contributed by atoms with Crippen LogP contribution < -0.4 is 10.1 Å². The van der Waals surface area contributed by atoms with Crippen LogP contribution >= 0.6 is 0 Å². The number of benzene rings is 2. The Morgan fingerprint density at radius 2 is 1.90 bits per heavy atom. The SMILES string of the molecule is CCC(C)/C(=C/N1CC(=O)N(CCc2ccc(OC)cc2)CC1N(C(=O)NCc1ccccc1)N(C)CC)ON=[N+]=[N-]. The predicted octanol–water partition coefficient (Wildman–Crippen LogP) is 4.92. The van der Waals surface area contributed by atoms with E-state index in [2.05, 4.69) is 15.5 Å². The number of azide groups is 1. The van der Waals surface area contributed by atoms with Gasteiger partial charge in [-0.2, -0.15) is 0 Å². The minimum absolute atomic E-state index is 0.0207. The van der Waals surface area contributed by atoms with Crippen LogP contribution in [0.1, 0.15) is 38.3 Å². The molecular formula is C30H42N8O4. The zero-order valence-electron chi connectivity index (χ0n) is 25.1. The van der Waals surface area contributed by atoms with Crippen molar-refractivity contribution in [2.45, 2.75) is 46.3 Å². The van der Waals surface area contributed by atoms with E-state index in [0.29, 0.717) is 31.8 Å². The van der Waals surface area contributed by atoms with Crippen LogP contribution in [0, 0.1) is 5.92 Å². The summed E-state index contributed by atoms with van der Waals surface area (Å²) in [4.78, 5) is 38.9. The van der Waals surface area contributed by atoms with Crippen LogP contribution in [0.3, 0.4) is 0 Å². The van der Waals surface area contributed by atoms with E-state index < -0.39 is 6.17 Å². The topological polar surface area (TPSA) is 126 Å². The first-order valence-electron chi connectivity index (χ1n) is 14.2. The lowest BCUT2D eigenvalue weighted by molar-refractivity contribution is -0.146. The fourth-order valence-corrected chi connectivity index (χ4v) is 4.58. The van der Waals surface area contributed by atoms with Crippen molar-refractivity contribution < 1.29 is 19.2 Å². The second kappa shape index (κ2) is 16.1. The van der Waals surface area contributed by atoms with Gasteiger partial charge >= 0.3 is 6.03 Å². The van der Waals surface area contributed by atoms with Gasteiger partial charge in [0, 0.05) is 43.7 Å². The highest BCUT2D eigenvalue weighted by atomic mass is 16.6. The summed E-state index contributed by atoms with van der Waals surface area (Å²) in [7, 11) is 3.47. The molecule has 12 nitrogen and oxygen atoms in total. The van der Waals surface area contributed by atoms with Gasteiger partial charge < -0.3 is 24.7 Å². The second-order valence-electron chi connectivity index (χ2n) is 10.2. The first-order valence-corrected chi connectivity index (χ1v) is 14.2. The minimum atomic E-state index is -0.548. The van der Waals surface area contributed by atoms with E-state index in [-0.39, 0.29) is 30.9 Å². The van der Waals surface area contributed by atoms with Gasteiger partial charge in [-0.3, -0.25) is 4.79 Å². The second-order valence-corrected chi connectivity index (χ2v) is 10.2. The summed E-state index contributed by atoms with van der Waals surface area (Å²) in [5, 5.41) is 9.83. The highest BCUT2D eigenvalue weighted by Crippen LogP contribution is 2.23. The summed E-state index contributed by atoms with van der Waals surface area (Å²) >= 11 is 0. The molecule has 0 aliphatic carbocycles. The fourth-order valence-electron chi connectivity index (χ4n) is 4.58. The van der Waals surface area contributed by atoms with Crippen molar-refractivity contribution in [3.8, 4) is 5.75 Å². The number of methoxy groups -OCH3 is 1. The quantitative estimate of drug-likeness (QED) is 0.112. The van der Waals surface area contributed by atoms with Crippen molar-refractivity contribution in [1.29, 1.82) is 0 Å². The largest absolute Gasteiger partial charge is 0.497 e. The molecule has 1 aliphatic heterocycles. The van der Waals surface area contributed by atoms with Gasteiger partial charge in [0.15, 0.2) is 0 Å². The molecule has 0 aromatic heterocycles. The lowest BCUT2D eigenvalue weighted by Crippen LogP contribution is -2.66. The third-order valence-corrected chi connectivity index (χ3v) is 7.44. The van der Waals surface area contributed by atoms with Crippen LogP contribution in [0.5, 0.6) is 5.75 Å². The maximum Gasteiger partial charge on any atom is 0.334 e. The normalized spacial score (nSPS) is 16.1. The molecular weight excluding hydrogens is 536 g/mol. The molecule has 2 unspecified atom stereocenters. The fraction of sp³-hybridized carbons (Fsp3) is 0.467. The van der Waals surface area contributed by atoms with E-state index in [4.69, 9.17) is 15.1 Å². The van der Waals surface area contributed by atoms with Gasteiger partial charge in [0.1, 0.15) is 23.0 Å². The van der Waals surface area contributed by atoms with Crippen molar-refractivity contribution in [1.82, 2.24) is 25.1 Å². The maximum atomic E-state index is 13.8. The molecule has 1 aliphatic rings. The molecule has 2 atom stereocenters. The Morgan fingerprint density at radius 1 is 1.19 bits per heavy atom. The molecule has 3 rings (SSSR count). The molecule has 2 aromatic carbocycles. The first-order chi connectivity index (χ1) is 20.3. The zero-order chi connectivity index (χ0) is 30.5. The molecule has 42 heavy (non-hydrogen) atoms. The summed E-state index contributed by atoms with van der Waals surface area (Å²) in [6.45, 7) is 7.59. The highest BCUT2D eigenvalue weighted by Gasteiger charge is 2.38. The molecule has 0 bridgehead atoms. The van der Waals surface area contributed by atoms with E-state index in [9.17, 15) is 9.59 Å². The number of carbonyl (C=O) groups is 2. The number of allylic oxidation sites excluding steroid dienone is 1. The maximum absolute atomic E-state index is 13.8. The van der Waals surface area contributed by atoms with Gasteiger partial charge in [-0.05, 0) is 41.6 Å². The molecule has 12 heteroatoms. The molecule has 0 radical (unpaired) electrons. The number of piperazine rings is 1. The van der Waals surface area contributed by atoms with E-state index >= 15 is 0 Å². The van der Waals surface area contributed by atoms with Gasteiger partial charge in [-0.25, -0.2) is 14.8 Å². The molecule has 226 valence electrons. The lowest BCUT2D eigenvalue weighted by atomic mass is 10.1. The van der Waals surface area contributed by atoms with E-state index in [1.54, 1.807) is 28.1 Å². The highest BCUT2D eigenvalue weighted by molar-refractivity contribution is 5.80. The van der Waals surface area contributed by atoms with Crippen molar-refractivity contribution in [2.24, 2.45) is 11.2 Å². The van der Waals surface area contributed by atoms with Crippen LogP contribution in [0.15, 0.2) is 71.8 Å². The van der Waals surface area contributed by atoms with Crippen LogP contribution in [0.2, 0.25) is 0 Å². The Labute approximate surface area is 248 Å². The molecule has 1 heterocycles. The average Bonchev–Trinajstić information content (AvgIpc) is 3.02. The van der Waals surface area contributed by atoms with Gasteiger partial charge in [-0.15, -0.1) is 0 Å². The van der Waals surface area contributed by atoms with Crippen molar-refractivity contribution >= 4 is 11.9 Å². The third kappa shape index (κ3) is 8.79. The molecule has 1 fully saturated rings. The van der Waals surface area contributed by atoms with Gasteiger partial charge in [0.25, 0.3) is 0 Å². The monoisotopic (exact) mass is 578 g/mol. The van der Waals surface area contributed by atoms with Crippen molar-refractivity contribution in [2.75, 3.05) is 40.3 Å². The van der Waals surface area contributed by atoms with E-state index in [1.807, 2.05) is 87.4 Å². The van der Waals surface area contributed by atoms with Gasteiger partial charge in [0.05, 0.1) is 20.2 Å². The Morgan fingerprint density at radius 3 is 2.52 bits per heavy atom. The summed E-state index contributed by atoms with van der Waals surface area (Å²) in [5.41, 5.74) is 10.9. The molecule has 1 N–H and O–H groups in total. The van der Waals surface area contributed by atoms with E-state index in [1.165, 1.54) is 0 Å².